The van der Waals surface area contributed by atoms with Crippen LogP contribution in [-0.4, -0.2) is 24.4 Å². The van der Waals surface area contributed by atoms with E-state index in [1.807, 2.05) is 0 Å². The Labute approximate surface area is 60.0 Å². The fraction of sp³-hybridized carbons (Fsp3) is 0.833. The van der Waals surface area contributed by atoms with Crippen LogP contribution < -0.4 is 5.73 Å². The molecule has 0 aliphatic carbocycles. The van der Waals surface area contributed by atoms with Gasteiger partial charge in [0.25, 0.3) is 0 Å². The molecule has 60 valence electrons. The van der Waals surface area contributed by atoms with Crippen LogP contribution in [0.2, 0.25) is 0 Å². The van der Waals surface area contributed by atoms with Crippen molar-refractivity contribution in [2.75, 3.05) is 7.11 Å². The third-order valence-corrected chi connectivity index (χ3v) is 1.15. The minimum atomic E-state index is -0.764. The first-order valence-electron chi connectivity index (χ1n) is 3.16. The first-order chi connectivity index (χ1) is 4.66. The van der Waals surface area contributed by atoms with Crippen molar-refractivity contribution in [2.45, 2.75) is 25.6 Å². The van der Waals surface area contributed by atoms with Crippen LogP contribution in [0.4, 0.5) is 0 Å². The predicted molar refractivity (Wildman–Crippen MR) is 36.1 cm³/mol. The number of rotatable bonds is 5. The number of primary amides is 1. The number of methoxy groups -OCH3 is 1. The van der Waals surface area contributed by atoms with E-state index in [4.69, 9.17) is 10.8 Å². The highest BCUT2D eigenvalue weighted by Gasteiger charge is 2.01. The Morgan fingerprint density at radius 1 is 1.80 bits per heavy atom. The maximum atomic E-state index is 10.2. The summed E-state index contributed by atoms with van der Waals surface area (Å²) in [4.78, 5) is 10.2. The molecule has 0 bridgehead atoms. The van der Waals surface area contributed by atoms with Crippen molar-refractivity contribution in [3.05, 3.63) is 0 Å². The molecule has 1 unspecified atom stereocenters. The highest BCUT2D eigenvalue weighted by molar-refractivity contribution is 5.73. The molecule has 0 aliphatic heterocycles. The SMILES string of the molecule is COC(O)CCCC(N)=O. The second-order valence-electron chi connectivity index (χ2n) is 2.05. The molecule has 0 saturated carbocycles. The Balaban J connectivity index is 3.11. The smallest absolute Gasteiger partial charge is 0.217 e. The first kappa shape index (κ1) is 9.39. The van der Waals surface area contributed by atoms with Gasteiger partial charge < -0.3 is 15.6 Å². The molecule has 10 heavy (non-hydrogen) atoms. The topological polar surface area (TPSA) is 72.6 Å². The number of amides is 1. The summed E-state index contributed by atoms with van der Waals surface area (Å²) < 4.78 is 4.54. The van der Waals surface area contributed by atoms with E-state index in [9.17, 15) is 4.79 Å². The Hall–Kier alpha value is -0.610. The molecule has 0 aromatic rings. The normalized spacial score (nSPS) is 13.0. The number of aliphatic hydroxyl groups is 1. The van der Waals surface area contributed by atoms with Gasteiger partial charge in [-0.15, -0.1) is 0 Å². The number of carbonyl (C=O) groups is 1. The van der Waals surface area contributed by atoms with Crippen LogP contribution in [0.1, 0.15) is 19.3 Å². The summed E-state index contributed by atoms with van der Waals surface area (Å²) in [5.41, 5.74) is 4.86. The molecular weight excluding hydrogens is 134 g/mol. The molecule has 0 aromatic carbocycles. The lowest BCUT2D eigenvalue weighted by Crippen LogP contribution is -2.13. The number of carbonyl (C=O) groups excluding carboxylic acids is 1. The molecule has 4 nitrogen and oxygen atoms in total. The van der Waals surface area contributed by atoms with Crippen molar-refractivity contribution < 1.29 is 14.6 Å². The van der Waals surface area contributed by atoms with E-state index < -0.39 is 6.29 Å². The summed E-state index contributed by atoms with van der Waals surface area (Å²) in [5, 5.41) is 8.80. The van der Waals surface area contributed by atoms with Gasteiger partial charge in [-0.2, -0.15) is 0 Å². The van der Waals surface area contributed by atoms with Gasteiger partial charge in [0.15, 0.2) is 6.29 Å². The molecule has 0 radical (unpaired) electrons. The fourth-order valence-corrected chi connectivity index (χ4v) is 0.569. The van der Waals surface area contributed by atoms with E-state index in [0.29, 0.717) is 19.3 Å². The molecule has 3 N–H and O–H groups in total. The average molecular weight is 147 g/mol. The molecule has 0 spiro atoms. The maximum Gasteiger partial charge on any atom is 0.217 e. The fourth-order valence-electron chi connectivity index (χ4n) is 0.569. The van der Waals surface area contributed by atoms with Crippen molar-refractivity contribution in [3.8, 4) is 0 Å². The molecular formula is C6H13NO3. The largest absolute Gasteiger partial charge is 0.370 e. The molecule has 0 aliphatic rings. The van der Waals surface area contributed by atoms with Crippen LogP contribution in [0, 0.1) is 0 Å². The lowest BCUT2D eigenvalue weighted by Gasteiger charge is -2.05. The van der Waals surface area contributed by atoms with Gasteiger partial charge in [0.05, 0.1) is 0 Å². The van der Waals surface area contributed by atoms with Gasteiger partial charge in [0, 0.05) is 13.5 Å². The maximum absolute atomic E-state index is 10.2. The van der Waals surface area contributed by atoms with Crippen LogP contribution >= 0.6 is 0 Å². The first-order valence-corrected chi connectivity index (χ1v) is 3.16. The van der Waals surface area contributed by atoms with Crippen LogP contribution in [-0.2, 0) is 9.53 Å². The molecule has 0 heterocycles. The summed E-state index contributed by atoms with van der Waals surface area (Å²) in [6, 6.07) is 0. The number of ether oxygens (including phenoxy) is 1. The summed E-state index contributed by atoms with van der Waals surface area (Å²) in [6.07, 6.45) is 0.573. The van der Waals surface area contributed by atoms with Crippen LogP contribution in [0.3, 0.4) is 0 Å². The average Bonchev–Trinajstić information content (AvgIpc) is 1.87. The predicted octanol–water partition coefficient (Wildman–Crippen LogP) is -0.393. The lowest BCUT2D eigenvalue weighted by atomic mass is 10.2. The Morgan fingerprint density at radius 3 is 2.80 bits per heavy atom. The van der Waals surface area contributed by atoms with E-state index >= 15 is 0 Å². The quantitative estimate of drug-likeness (QED) is 0.520. The number of hydrogen-bond donors (Lipinski definition) is 2. The Bertz CT molecular complexity index is 105. The summed E-state index contributed by atoms with van der Waals surface area (Å²) in [6.45, 7) is 0. The second-order valence-corrected chi connectivity index (χ2v) is 2.05. The van der Waals surface area contributed by atoms with Crippen molar-refractivity contribution >= 4 is 5.91 Å². The molecule has 4 heteroatoms. The minimum absolute atomic E-state index is 0.306. The number of aliphatic hydroxyl groups excluding tert-OH is 1. The zero-order valence-corrected chi connectivity index (χ0v) is 6.04. The zero-order chi connectivity index (χ0) is 7.98. The van der Waals surface area contributed by atoms with Crippen molar-refractivity contribution in [3.63, 3.8) is 0 Å². The Morgan fingerprint density at radius 2 is 2.40 bits per heavy atom. The van der Waals surface area contributed by atoms with Gasteiger partial charge in [0.2, 0.25) is 5.91 Å². The summed E-state index contributed by atoms with van der Waals surface area (Å²) in [7, 11) is 1.41. The third kappa shape index (κ3) is 5.53. The van der Waals surface area contributed by atoms with Crippen molar-refractivity contribution in [2.24, 2.45) is 5.73 Å². The molecule has 0 rings (SSSR count). The van der Waals surface area contributed by atoms with Gasteiger partial charge in [-0.25, -0.2) is 0 Å². The van der Waals surface area contributed by atoms with E-state index in [1.54, 1.807) is 0 Å². The van der Waals surface area contributed by atoms with Gasteiger partial charge in [0.1, 0.15) is 0 Å². The standard InChI is InChI=1S/C6H13NO3/c1-10-6(9)4-2-3-5(7)8/h6,9H,2-4H2,1H3,(H2,7,8). The van der Waals surface area contributed by atoms with Crippen molar-refractivity contribution in [1.82, 2.24) is 0 Å². The Kier molecular flexibility index (Phi) is 4.88. The minimum Gasteiger partial charge on any atom is -0.370 e. The molecule has 0 aromatic heterocycles. The van der Waals surface area contributed by atoms with E-state index in [2.05, 4.69) is 4.74 Å². The highest BCUT2D eigenvalue weighted by atomic mass is 16.6. The summed E-state index contributed by atoms with van der Waals surface area (Å²) in [5.74, 6) is -0.344. The van der Waals surface area contributed by atoms with Gasteiger partial charge in [-0.1, -0.05) is 0 Å². The third-order valence-electron chi connectivity index (χ3n) is 1.15. The highest BCUT2D eigenvalue weighted by Crippen LogP contribution is 1.99. The number of nitrogens with two attached hydrogens (primary N) is 1. The van der Waals surface area contributed by atoms with E-state index in [0.717, 1.165) is 0 Å². The molecule has 0 saturated heterocycles. The van der Waals surface area contributed by atoms with Crippen LogP contribution in [0.25, 0.3) is 0 Å². The lowest BCUT2D eigenvalue weighted by molar-refractivity contribution is -0.118. The monoisotopic (exact) mass is 147 g/mol. The summed E-state index contributed by atoms with van der Waals surface area (Å²) >= 11 is 0. The van der Waals surface area contributed by atoms with E-state index in [1.165, 1.54) is 7.11 Å². The molecule has 1 amide bonds. The van der Waals surface area contributed by atoms with Crippen LogP contribution in [0.5, 0.6) is 0 Å². The van der Waals surface area contributed by atoms with Gasteiger partial charge >= 0.3 is 0 Å². The molecule has 0 fully saturated rings. The van der Waals surface area contributed by atoms with Crippen molar-refractivity contribution in [1.29, 1.82) is 0 Å². The van der Waals surface area contributed by atoms with E-state index in [-0.39, 0.29) is 5.91 Å². The number of hydrogen-bond acceptors (Lipinski definition) is 3. The molecule has 1 atom stereocenters. The van der Waals surface area contributed by atoms with Gasteiger partial charge in [-0.3, -0.25) is 4.79 Å². The second kappa shape index (κ2) is 5.20. The zero-order valence-electron chi connectivity index (χ0n) is 6.04. The van der Waals surface area contributed by atoms with Gasteiger partial charge in [-0.05, 0) is 12.8 Å². The van der Waals surface area contributed by atoms with Crippen LogP contribution in [0.15, 0.2) is 0 Å².